The highest BCUT2D eigenvalue weighted by Gasteiger charge is 2.29. The molecule has 168 valence electrons. The molecule has 0 saturated carbocycles. The van der Waals surface area contributed by atoms with E-state index in [-0.39, 0.29) is 37.0 Å². The smallest absolute Gasteiger partial charge is 0.323 e. The van der Waals surface area contributed by atoms with Crippen LogP contribution in [0.1, 0.15) is 51.7 Å². The van der Waals surface area contributed by atoms with Gasteiger partial charge in [-0.05, 0) is 35.8 Å². The van der Waals surface area contributed by atoms with Crippen molar-refractivity contribution in [2.45, 2.75) is 65.8 Å². The van der Waals surface area contributed by atoms with Crippen molar-refractivity contribution >= 4 is 11.9 Å². The van der Waals surface area contributed by atoms with Gasteiger partial charge in [-0.15, -0.1) is 0 Å². The average molecular weight is 426 g/mol. The van der Waals surface area contributed by atoms with Crippen LogP contribution in [0, 0.1) is 11.8 Å². The van der Waals surface area contributed by atoms with E-state index in [4.69, 9.17) is 9.47 Å². The molecule has 2 rings (SSSR count). The highest BCUT2D eigenvalue weighted by atomic mass is 16.5. The molecule has 5 nitrogen and oxygen atoms in total. The lowest BCUT2D eigenvalue weighted by Gasteiger charge is -2.26. The van der Waals surface area contributed by atoms with E-state index in [1.165, 1.54) is 0 Å². The van der Waals surface area contributed by atoms with Crippen LogP contribution in [-0.2, 0) is 32.3 Å². The first-order valence-electron chi connectivity index (χ1n) is 11.0. The zero-order valence-electron chi connectivity index (χ0n) is 19.0. The van der Waals surface area contributed by atoms with Crippen molar-refractivity contribution in [3.05, 3.63) is 71.8 Å². The van der Waals surface area contributed by atoms with Crippen LogP contribution in [0.2, 0.25) is 0 Å². The van der Waals surface area contributed by atoms with Gasteiger partial charge in [0.1, 0.15) is 25.3 Å². The lowest BCUT2D eigenvalue weighted by atomic mass is 9.99. The number of hydrogen-bond acceptors (Lipinski definition) is 5. The van der Waals surface area contributed by atoms with E-state index in [1.54, 1.807) is 0 Å². The van der Waals surface area contributed by atoms with Crippen LogP contribution in [0.25, 0.3) is 0 Å². The van der Waals surface area contributed by atoms with E-state index < -0.39 is 12.1 Å². The standard InChI is InChI=1S/C26H35NO4/c1-19(2)15-23(25(28)30-17-21-11-7-5-8-12-21)27-24(16-20(3)4)26(29)31-18-22-13-9-6-10-14-22/h5-14,19-20,23-24,27H,15-18H2,1-4H3. The largest absolute Gasteiger partial charge is 0.460 e. The average Bonchev–Trinajstić information content (AvgIpc) is 2.75. The van der Waals surface area contributed by atoms with Crippen molar-refractivity contribution in [3.8, 4) is 0 Å². The Hall–Kier alpha value is -2.66. The molecule has 0 saturated heterocycles. The van der Waals surface area contributed by atoms with Crippen LogP contribution in [0.15, 0.2) is 60.7 Å². The highest BCUT2D eigenvalue weighted by molar-refractivity contribution is 5.79. The van der Waals surface area contributed by atoms with E-state index in [2.05, 4.69) is 5.32 Å². The van der Waals surface area contributed by atoms with Gasteiger partial charge in [0, 0.05) is 0 Å². The molecule has 0 aliphatic carbocycles. The zero-order valence-corrected chi connectivity index (χ0v) is 19.0. The number of benzene rings is 2. The second-order valence-electron chi connectivity index (χ2n) is 8.72. The molecule has 0 bridgehead atoms. The number of carbonyl (C=O) groups excluding carboxylic acids is 2. The third-order valence-electron chi connectivity index (χ3n) is 4.83. The molecule has 2 aromatic rings. The summed E-state index contributed by atoms with van der Waals surface area (Å²) in [5, 5.41) is 3.24. The highest BCUT2D eigenvalue weighted by Crippen LogP contribution is 2.14. The second kappa shape index (κ2) is 12.9. The summed E-state index contributed by atoms with van der Waals surface area (Å²) in [5.74, 6) is -0.159. The van der Waals surface area contributed by atoms with Crippen LogP contribution in [0.4, 0.5) is 0 Å². The van der Waals surface area contributed by atoms with Crippen LogP contribution >= 0.6 is 0 Å². The molecule has 0 aliphatic heterocycles. The fourth-order valence-corrected chi connectivity index (χ4v) is 3.31. The number of rotatable bonds is 12. The van der Waals surface area contributed by atoms with Gasteiger partial charge < -0.3 is 9.47 Å². The Labute approximate surface area is 186 Å². The summed E-state index contributed by atoms with van der Waals surface area (Å²) in [7, 11) is 0. The molecule has 0 aromatic heterocycles. The molecule has 2 unspecified atom stereocenters. The first-order valence-corrected chi connectivity index (χ1v) is 11.0. The molecule has 0 radical (unpaired) electrons. The first-order chi connectivity index (χ1) is 14.8. The minimum atomic E-state index is -0.572. The van der Waals surface area contributed by atoms with Crippen LogP contribution < -0.4 is 5.32 Å². The van der Waals surface area contributed by atoms with Gasteiger partial charge in [0.15, 0.2) is 0 Å². The maximum absolute atomic E-state index is 12.8. The van der Waals surface area contributed by atoms with Gasteiger partial charge in [0.05, 0.1) is 0 Å². The minimum absolute atomic E-state index is 0.212. The van der Waals surface area contributed by atoms with Gasteiger partial charge >= 0.3 is 11.9 Å². The molecule has 0 fully saturated rings. The Morgan fingerprint density at radius 2 is 1.03 bits per heavy atom. The maximum atomic E-state index is 12.8. The number of nitrogens with one attached hydrogen (secondary N) is 1. The normalized spacial score (nSPS) is 13.1. The van der Waals surface area contributed by atoms with Gasteiger partial charge in [-0.2, -0.15) is 0 Å². The third-order valence-corrected chi connectivity index (χ3v) is 4.83. The van der Waals surface area contributed by atoms with Crippen molar-refractivity contribution < 1.29 is 19.1 Å². The summed E-state index contributed by atoms with van der Waals surface area (Å²) in [6.45, 7) is 8.61. The number of hydrogen-bond donors (Lipinski definition) is 1. The van der Waals surface area contributed by atoms with Gasteiger partial charge in [0.2, 0.25) is 0 Å². The number of ether oxygens (including phenoxy) is 2. The van der Waals surface area contributed by atoms with Crippen molar-refractivity contribution in [2.24, 2.45) is 11.8 Å². The van der Waals surface area contributed by atoms with Gasteiger partial charge in [-0.25, -0.2) is 0 Å². The van der Waals surface area contributed by atoms with Gasteiger partial charge in [0.25, 0.3) is 0 Å². The van der Waals surface area contributed by atoms with Crippen molar-refractivity contribution in [1.29, 1.82) is 0 Å². The van der Waals surface area contributed by atoms with E-state index >= 15 is 0 Å². The van der Waals surface area contributed by atoms with Crippen molar-refractivity contribution in [1.82, 2.24) is 5.32 Å². The van der Waals surface area contributed by atoms with Crippen LogP contribution in [0.3, 0.4) is 0 Å². The van der Waals surface area contributed by atoms with Crippen molar-refractivity contribution in [3.63, 3.8) is 0 Å². The van der Waals surface area contributed by atoms with E-state index in [0.717, 1.165) is 11.1 Å². The first kappa shape index (κ1) is 24.6. The summed E-state index contributed by atoms with van der Waals surface area (Å²) in [4.78, 5) is 25.7. The van der Waals surface area contributed by atoms with Crippen molar-refractivity contribution in [2.75, 3.05) is 0 Å². The summed E-state index contributed by atoms with van der Waals surface area (Å²) >= 11 is 0. The molecule has 2 aromatic carbocycles. The molecule has 0 aliphatic rings. The molecule has 0 amide bonds. The second-order valence-corrected chi connectivity index (χ2v) is 8.72. The fourth-order valence-electron chi connectivity index (χ4n) is 3.31. The zero-order chi connectivity index (χ0) is 22.6. The molecule has 5 heteroatoms. The third kappa shape index (κ3) is 9.35. The lowest BCUT2D eigenvalue weighted by molar-refractivity contribution is -0.151. The Kier molecular flexibility index (Phi) is 10.2. The maximum Gasteiger partial charge on any atom is 0.323 e. The number of esters is 2. The molecule has 2 atom stereocenters. The molecule has 1 N–H and O–H groups in total. The molecular formula is C26H35NO4. The Morgan fingerprint density at radius 1 is 0.677 bits per heavy atom. The molecule has 0 spiro atoms. The quantitative estimate of drug-likeness (QED) is 0.491. The predicted octanol–water partition coefficient (Wildman–Crippen LogP) is 4.89. The molecule has 31 heavy (non-hydrogen) atoms. The monoisotopic (exact) mass is 425 g/mol. The Morgan fingerprint density at radius 3 is 1.35 bits per heavy atom. The SMILES string of the molecule is CC(C)CC(NC(CC(C)C)C(=O)OCc1ccccc1)C(=O)OCc1ccccc1. The number of carbonyl (C=O) groups is 2. The molecular weight excluding hydrogens is 390 g/mol. The van der Waals surface area contributed by atoms with E-state index in [1.807, 2.05) is 88.4 Å². The summed E-state index contributed by atoms with van der Waals surface area (Å²) < 4.78 is 11.1. The summed E-state index contributed by atoms with van der Waals surface area (Å²) in [6.07, 6.45) is 1.16. The summed E-state index contributed by atoms with van der Waals surface area (Å²) in [6, 6.07) is 18.0. The van der Waals surface area contributed by atoms with E-state index in [0.29, 0.717) is 12.8 Å². The molecule has 0 heterocycles. The minimum Gasteiger partial charge on any atom is -0.460 e. The van der Waals surface area contributed by atoms with Crippen LogP contribution in [-0.4, -0.2) is 24.0 Å². The summed E-state index contributed by atoms with van der Waals surface area (Å²) in [5.41, 5.74) is 1.86. The van der Waals surface area contributed by atoms with Crippen LogP contribution in [0.5, 0.6) is 0 Å². The lowest BCUT2D eigenvalue weighted by Crippen LogP contribution is -2.49. The van der Waals surface area contributed by atoms with Gasteiger partial charge in [-0.3, -0.25) is 14.9 Å². The Balaban J connectivity index is 2.02. The van der Waals surface area contributed by atoms with E-state index in [9.17, 15) is 9.59 Å². The van der Waals surface area contributed by atoms with Gasteiger partial charge in [-0.1, -0.05) is 88.4 Å². The topological polar surface area (TPSA) is 64.6 Å². The Bertz CT molecular complexity index is 722. The fraction of sp³-hybridized carbons (Fsp3) is 0.462. The predicted molar refractivity (Wildman–Crippen MR) is 122 cm³/mol.